The van der Waals surface area contributed by atoms with E-state index in [1.54, 1.807) is 37.6 Å². The Labute approximate surface area is 123 Å². The van der Waals surface area contributed by atoms with Crippen LogP contribution in [0.1, 0.15) is 11.6 Å². The molecule has 2 rings (SSSR count). The first-order chi connectivity index (χ1) is 10.3. The van der Waals surface area contributed by atoms with Crippen LogP contribution in [0.25, 0.3) is 0 Å². The molecule has 1 heterocycles. The number of benzene rings is 1. The molecule has 0 aliphatic rings. The molecule has 0 spiro atoms. The van der Waals surface area contributed by atoms with Gasteiger partial charge in [-0.15, -0.1) is 0 Å². The zero-order chi connectivity index (χ0) is 15.1. The summed E-state index contributed by atoms with van der Waals surface area (Å²) in [5.74, 6) is 0.219. The maximum absolute atomic E-state index is 11.9. The van der Waals surface area contributed by atoms with E-state index < -0.39 is 5.92 Å². The van der Waals surface area contributed by atoms with Gasteiger partial charge in [0.05, 0.1) is 19.9 Å². The molecule has 5 heteroatoms. The van der Waals surface area contributed by atoms with Crippen molar-refractivity contribution in [2.24, 2.45) is 0 Å². The van der Waals surface area contributed by atoms with Crippen LogP contribution in [0.15, 0.2) is 48.7 Å². The monoisotopic (exact) mass is 287 g/mol. The quantitative estimate of drug-likeness (QED) is 0.764. The molecule has 0 aliphatic heterocycles. The third-order valence-corrected chi connectivity index (χ3v) is 3.01. The molecule has 21 heavy (non-hydrogen) atoms. The van der Waals surface area contributed by atoms with Crippen LogP contribution in [0.2, 0.25) is 0 Å². The van der Waals surface area contributed by atoms with E-state index in [0.29, 0.717) is 17.2 Å². The maximum Gasteiger partial charge on any atom is 0.318 e. The van der Waals surface area contributed by atoms with Gasteiger partial charge < -0.3 is 14.2 Å². The predicted molar refractivity (Wildman–Crippen MR) is 77.5 cm³/mol. The molecule has 1 unspecified atom stereocenters. The van der Waals surface area contributed by atoms with E-state index in [1.165, 1.54) is 7.11 Å². The lowest BCUT2D eigenvalue weighted by molar-refractivity contribution is -0.143. The van der Waals surface area contributed by atoms with E-state index in [-0.39, 0.29) is 12.6 Å². The highest BCUT2D eigenvalue weighted by molar-refractivity contribution is 5.77. The number of rotatable bonds is 6. The normalized spacial score (nSPS) is 11.5. The number of ether oxygens (including phenoxy) is 3. The Kier molecular flexibility index (Phi) is 5.15. The molecule has 0 fully saturated rings. The van der Waals surface area contributed by atoms with E-state index in [0.717, 1.165) is 0 Å². The summed E-state index contributed by atoms with van der Waals surface area (Å²) in [7, 11) is 2.92. The largest absolute Gasteiger partial charge is 0.493 e. The van der Waals surface area contributed by atoms with Gasteiger partial charge in [0.1, 0.15) is 12.5 Å². The number of hydrogen-bond acceptors (Lipinski definition) is 5. The summed E-state index contributed by atoms with van der Waals surface area (Å²) < 4.78 is 15.7. The van der Waals surface area contributed by atoms with Gasteiger partial charge in [-0.2, -0.15) is 0 Å². The second-order valence-corrected chi connectivity index (χ2v) is 4.29. The summed E-state index contributed by atoms with van der Waals surface area (Å²) in [5, 5.41) is 0. The van der Waals surface area contributed by atoms with Crippen molar-refractivity contribution in [1.82, 2.24) is 4.98 Å². The zero-order valence-electron chi connectivity index (χ0n) is 12.0. The Morgan fingerprint density at radius 1 is 1.10 bits per heavy atom. The Balaban J connectivity index is 2.15. The van der Waals surface area contributed by atoms with Crippen LogP contribution in [0.5, 0.6) is 11.5 Å². The van der Waals surface area contributed by atoms with Crippen molar-refractivity contribution < 1.29 is 19.0 Å². The number of hydrogen-bond donors (Lipinski definition) is 0. The molecule has 0 saturated carbocycles. The fourth-order valence-corrected chi connectivity index (χ4v) is 1.91. The molecule has 1 aromatic heterocycles. The first-order valence-electron chi connectivity index (χ1n) is 6.51. The van der Waals surface area contributed by atoms with Gasteiger partial charge in [-0.3, -0.25) is 9.78 Å². The molecule has 0 radical (unpaired) electrons. The van der Waals surface area contributed by atoms with Gasteiger partial charge in [0.15, 0.2) is 11.5 Å². The SMILES string of the molecule is COC(=O)C(COc1ccccc1OC)c1ccccn1. The average Bonchev–Trinajstić information content (AvgIpc) is 2.56. The molecular formula is C16H17NO4. The predicted octanol–water partition coefficient (Wildman–Crippen LogP) is 2.43. The summed E-state index contributed by atoms with van der Waals surface area (Å²) in [6.45, 7) is 0.129. The number of carbonyl (C=O) groups is 1. The number of methoxy groups -OCH3 is 2. The van der Waals surface area contributed by atoms with Gasteiger partial charge in [-0.25, -0.2) is 0 Å². The number of para-hydroxylation sites is 2. The zero-order valence-corrected chi connectivity index (χ0v) is 12.0. The molecule has 0 N–H and O–H groups in total. The Hall–Kier alpha value is -2.56. The van der Waals surface area contributed by atoms with Crippen molar-refractivity contribution in [2.45, 2.75) is 5.92 Å². The van der Waals surface area contributed by atoms with Crippen LogP contribution in [0, 0.1) is 0 Å². The smallest absolute Gasteiger partial charge is 0.318 e. The Morgan fingerprint density at radius 2 is 1.81 bits per heavy atom. The van der Waals surface area contributed by atoms with E-state index in [2.05, 4.69) is 4.98 Å². The molecule has 2 aromatic rings. The van der Waals surface area contributed by atoms with Crippen LogP contribution in [-0.2, 0) is 9.53 Å². The van der Waals surface area contributed by atoms with Crippen molar-refractivity contribution in [2.75, 3.05) is 20.8 Å². The highest BCUT2D eigenvalue weighted by Gasteiger charge is 2.24. The summed E-state index contributed by atoms with van der Waals surface area (Å²) >= 11 is 0. The van der Waals surface area contributed by atoms with Crippen LogP contribution < -0.4 is 9.47 Å². The van der Waals surface area contributed by atoms with Crippen LogP contribution >= 0.6 is 0 Å². The Morgan fingerprint density at radius 3 is 2.43 bits per heavy atom. The maximum atomic E-state index is 11.9. The van der Waals surface area contributed by atoms with Crippen LogP contribution in [-0.4, -0.2) is 31.8 Å². The van der Waals surface area contributed by atoms with Crippen molar-refractivity contribution in [3.05, 3.63) is 54.4 Å². The minimum absolute atomic E-state index is 0.129. The van der Waals surface area contributed by atoms with E-state index >= 15 is 0 Å². The molecule has 0 amide bonds. The fraction of sp³-hybridized carbons (Fsp3) is 0.250. The third-order valence-electron chi connectivity index (χ3n) is 3.01. The molecule has 0 bridgehead atoms. The lowest BCUT2D eigenvalue weighted by atomic mass is 10.1. The Bertz CT molecular complexity index is 586. The average molecular weight is 287 g/mol. The van der Waals surface area contributed by atoms with Crippen molar-refractivity contribution in [1.29, 1.82) is 0 Å². The minimum atomic E-state index is -0.582. The summed E-state index contributed by atoms with van der Waals surface area (Å²) in [6.07, 6.45) is 1.63. The van der Waals surface area contributed by atoms with Crippen LogP contribution in [0.4, 0.5) is 0 Å². The standard InChI is InChI=1S/C16H17NO4/c1-19-14-8-3-4-9-15(14)21-11-12(16(18)20-2)13-7-5-6-10-17-13/h3-10,12H,11H2,1-2H3. The number of aromatic nitrogens is 1. The highest BCUT2D eigenvalue weighted by Crippen LogP contribution is 2.27. The third kappa shape index (κ3) is 3.72. The van der Waals surface area contributed by atoms with Gasteiger partial charge in [0.2, 0.25) is 0 Å². The van der Waals surface area contributed by atoms with Gasteiger partial charge in [0.25, 0.3) is 0 Å². The van der Waals surface area contributed by atoms with Crippen molar-refractivity contribution in [3.63, 3.8) is 0 Å². The van der Waals surface area contributed by atoms with Crippen molar-refractivity contribution in [3.8, 4) is 11.5 Å². The lowest BCUT2D eigenvalue weighted by Gasteiger charge is -2.16. The lowest BCUT2D eigenvalue weighted by Crippen LogP contribution is -2.22. The first kappa shape index (κ1) is 14.8. The minimum Gasteiger partial charge on any atom is -0.493 e. The van der Waals surface area contributed by atoms with Crippen molar-refractivity contribution >= 4 is 5.97 Å². The van der Waals surface area contributed by atoms with Crippen LogP contribution in [0.3, 0.4) is 0 Å². The second kappa shape index (κ2) is 7.28. The van der Waals surface area contributed by atoms with Gasteiger partial charge in [-0.05, 0) is 24.3 Å². The van der Waals surface area contributed by atoms with E-state index in [1.807, 2.05) is 18.2 Å². The van der Waals surface area contributed by atoms with E-state index in [9.17, 15) is 4.79 Å². The molecular weight excluding hydrogens is 270 g/mol. The number of carbonyl (C=O) groups excluding carboxylic acids is 1. The fourth-order valence-electron chi connectivity index (χ4n) is 1.91. The molecule has 1 atom stereocenters. The number of nitrogens with zero attached hydrogens (tertiary/aromatic N) is 1. The number of esters is 1. The molecule has 5 nitrogen and oxygen atoms in total. The highest BCUT2D eigenvalue weighted by atomic mass is 16.5. The summed E-state index contributed by atoms with van der Waals surface area (Å²) in [4.78, 5) is 16.1. The number of pyridine rings is 1. The summed E-state index contributed by atoms with van der Waals surface area (Å²) in [5.41, 5.74) is 0.610. The molecule has 0 saturated heterocycles. The van der Waals surface area contributed by atoms with Gasteiger partial charge in [-0.1, -0.05) is 18.2 Å². The molecule has 110 valence electrons. The van der Waals surface area contributed by atoms with Gasteiger partial charge >= 0.3 is 5.97 Å². The molecule has 1 aromatic carbocycles. The first-order valence-corrected chi connectivity index (χ1v) is 6.51. The topological polar surface area (TPSA) is 57.7 Å². The molecule has 0 aliphatic carbocycles. The summed E-state index contributed by atoms with van der Waals surface area (Å²) in [6, 6.07) is 12.6. The van der Waals surface area contributed by atoms with E-state index in [4.69, 9.17) is 14.2 Å². The second-order valence-electron chi connectivity index (χ2n) is 4.29. The van der Waals surface area contributed by atoms with Gasteiger partial charge in [0, 0.05) is 6.20 Å².